The zero-order valence-corrected chi connectivity index (χ0v) is 15.4. The SMILES string of the molecule is O=C(Cc1c(Cl)c[nH]c(=O)c1Cl)c1ccc(OC(F)F)c(OCC2CC2)c1. The van der Waals surface area contributed by atoms with Gasteiger partial charge in [0, 0.05) is 23.7 Å². The van der Waals surface area contributed by atoms with Crippen LogP contribution in [0.1, 0.15) is 28.8 Å². The monoisotopic (exact) mass is 417 g/mol. The lowest BCUT2D eigenvalue weighted by atomic mass is 10.0. The molecule has 144 valence electrons. The number of aromatic nitrogens is 1. The molecule has 1 fully saturated rings. The summed E-state index contributed by atoms with van der Waals surface area (Å²) in [5, 5.41) is -0.0190. The number of halogens is 4. The van der Waals surface area contributed by atoms with Crippen molar-refractivity contribution in [2.75, 3.05) is 6.61 Å². The maximum atomic E-state index is 12.6. The minimum absolute atomic E-state index is 0.0659. The fraction of sp³-hybridized carbons (Fsp3) is 0.333. The second-order valence-electron chi connectivity index (χ2n) is 6.15. The molecule has 0 bridgehead atoms. The lowest BCUT2D eigenvalue weighted by Gasteiger charge is -2.13. The van der Waals surface area contributed by atoms with Gasteiger partial charge >= 0.3 is 6.61 Å². The molecule has 3 rings (SSSR count). The van der Waals surface area contributed by atoms with Gasteiger partial charge in [0.15, 0.2) is 17.3 Å². The number of aromatic amines is 1. The minimum Gasteiger partial charge on any atom is -0.489 e. The molecule has 1 aromatic heterocycles. The third-order valence-electron chi connectivity index (χ3n) is 4.07. The summed E-state index contributed by atoms with van der Waals surface area (Å²) >= 11 is 11.9. The minimum atomic E-state index is -3.01. The van der Waals surface area contributed by atoms with Crippen LogP contribution in [-0.2, 0) is 6.42 Å². The van der Waals surface area contributed by atoms with Gasteiger partial charge in [0.25, 0.3) is 5.56 Å². The lowest BCUT2D eigenvalue weighted by Crippen LogP contribution is -2.13. The number of carbonyl (C=O) groups excluding carboxylic acids is 1. The van der Waals surface area contributed by atoms with Gasteiger partial charge in [-0.1, -0.05) is 23.2 Å². The summed E-state index contributed by atoms with van der Waals surface area (Å²) in [6.45, 7) is -2.65. The molecule has 1 aromatic carbocycles. The quantitative estimate of drug-likeness (QED) is 0.642. The summed E-state index contributed by atoms with van der Waals surface area (Å²) in [6, 6.07) is 3.94. The lowest BCUT2D eigenvalue weighted by molar-refractivity contribution is -0.0515. The van der Waals surface area contributed by atoms with Crippen LogP contribution in [0.25, 0.3) is 0 Å². The molecule has 5 nitrogen and oxygen atoms in total. The average molecular weight is 418 g/mol. The van der Waals surface area contributed by atoms with E-state index in [-0.39, 0.29) is 39.1 Å². The predicted molar refractivity (Wildman–Crippen MR) is 96.4 cm³/mol. The molecule has 0 amide bonds. The van der Waals surface area contributed by atoms with Gasteiger partial charge in [0.2, 0.25) is 0 Å². The third-order valence-corrected chi connectivity index (χ3v) is 4.81. The van der Waals surface area contributed by atoms with Gasteiger partial charge in [0.1, 0.15) is 5.02 Å². The second kappa shape index (κ2) is 8.27. The maximum absolute atomic E-state index is 12.6. The number of benzene rings is 1. The molecule has 27 heavy (non-hydrogen) atoms. The standard InChI is InChI=1S/C18H15Cl2F2NO4/c19-12-7-23-17(25)16(20)11(12)6-13(24)10-3-4-14(27-18(21)22)15(5-10)26-8-9-1-2-9/h3-5,7,9,18H,1-2,6,8H2,(H,23,25). The van der Waals surface area contributed by atoms with Crippen LogP contribution < -0.4 is 15.0 Å². The van der Waals surface area contributed by atoms with Crippen LogP contribution >= 0.6 is 23.2 Å². The first-order valence-electron chi connectivity index (χ1n) is 8.15. The molecule has 1 heterocycles. The van der Waals surface area contributed by atoms with E-state index in [0.717, 1.165) is 12.8 Å². The van der Waals surface area contributed by atoms with Crippen molar-refractivity contribution in [3.8, 4) is 11.5 Å². The van der Waals surface area contributed by atoms with E-state index in [9.17, 15) is 18.4 Å². The Morgan fingerprint density at radius 2 is 2.00 bits per heavy atom. The van der Waals surface area contributed by atoms with E-state index in [1.807, 2.05) is 0 Å². The van der Waals surface area contributed by atoms with Crippen molar-refractivity contribution in [3.63, 3.8) is 0 Å². The highest BCUT2D eigenvalue weighted by atomic mass is 35.5. The first kappa shape index (κ1) is 19.6. The molecule has 0 spiro atoms. The number of H-pyrrole nitrogens is 1. The molecule has 0 saturated heterocycles. The Hall–Kier alpha value is -2.12. The Morgan fingerprint density at radius 1 is 1.26 bits per heavy atom. The predicted octanol–water partition coefficient (Wildman–Crippen LogP) is 4.50. The van der Waals surface area contributed by atoms with Crippen LogP contribution in [0.2, 0.25) is 10.0 Å². The number of alkyl halides is 2. The van der Waals surface area contributed by atoms with E-state index in [2.05, 4.69) is 9.72 Å². The van der Waals surface area contributed by atoms with Crippen LogP contribution in [0.4, 0.5) is 8.78 Å². The number of rotatable bonds is 8. The molecule has 0 atom stereocenters. The van der Waals surface area contributed by atoms with Gasteiger partial charge in [-0.25, -0.2) is 0 Å². The van der Waals surface area contributed by atoms with Gasteiger partial charge in [-0.3, -0.25) is 9.59 Å². The maximum Gasteiger partial charge on any atom is 0.387 e. The van der Waals surface area contributed by atoms with Gasteiger partial charge < -0.3 is 14.5 Å². The van der Waals surface area contributed by atoms with Crippen molar-refractivity contribution >= 4 is 29.0 Å². The summed E-state index contributed by atoms with van der Waals surface area (Å²) in [6.07, 6.45) is 3.06. The number of pyridine rings is 1. The number of ketones is 1. The Balaban J connectivity index is 1.84. The van der Waals surface area contributed by atoms with E-state index in [1.165, 1.54) is 24.4 Å². The Kier molecular flexibility index (Phi) is 6.01. The number of nitrogens with one attached hydrogen (secondary N) is 1. The van der Waals surface area contributed by atoms with Crippen molar-refractivity contribution in [3.05, 3.63) is 55.9 Å². The number of Topliss-reactive ketones (excluding diaryl/α,β-unsaturated/α-hetero) is 1. The van der Waals surface area contributed by atoms with Gasteiger partial charge in [-0.05, 0) is 37.0 Å². The van der Waals surface area contributed by atoms with Crippen LogP contribution in [0.3, 0.4) is 0 Å². The van der Waals surface area contributed by atoms with E-state index in [0.29, 0.717) is 12.5 Å². The van der Waals surface area contributed by atoms with Gasteiger partial charge in [0.05, 0.1) is 11.6 Å². The van der Waals surface area contributed by atoms with Crippen LogP contribution in [0, 0.1) is 5.92 Å². The Bertz CT molecular complexity index is 913. The highest BCUT2D eigenvalue weighted by Gasteiger charge is 2.24. The topological polar surface area (TPSA) is 68.4 Å². The van der Waals surface area contributed by atoms with Crippen LogP contribution in [0.15, 0.2) is 29.2 Å². The molecule has 1 N–H and O–H groups in total. The van der Waals surface area contributed by atoms with Gasteiger partial charge in [-0.2, -0.15) is 8.78 Å². The van der Waals surface area contributed by atoms with Crippen molar-refractivity contribution in [1.29, 1.82) is 0 Å². The fourth-order valence-electron chi connectivity index (χ4n) is 2.43. The van der Waals surface area contributed by atoms with E-state index < -0.39 is 18.0 Å². The van der Waals surface area contributed by atoms with Crippen LogP contribution in [0.5, 0.6) is 11.5 Å². The summed E-state index contributed by atoms with van der Waals surface area (Å²) in [5.41, 5.74) is -0.159. The molecular weight excluding hydrogens is 403 g/mol. The number of hydrogen-bond donors (Lipinski definition) is 1. The highest BCUT2D eigenvalue weighted by molar-refractivity contribution is 6.36. The smallest absolute Gasteiger partial charge is 0.387 e. The third kappa shape index (κ3) is 4.99. The summed E-state index contributed by atoms with van der Waals surface area (Å²) in [4.78, 5) is 26.5. The first-order valence-corrected chi connectivity index (χ1v) is 8.91. The molecule has 0 unspecified atom stereocenters. The van der Waals surface area contributed by atoms with E-state index in [4.69, 9.17) is 27.9 Å². The van der Waals surface area contributed by atoms with E-state index in [1.54, 1.807) is 0 Å². The molecule has 1 aliphatic carbocycles. The fourth-order valence-corrected chi connectivity index (χ4v) is 2.91. The molecule has 1 saturated carbocycles. The normalized spacial score (nSPS) is 13.7. The summed E-state index contributed by atoms with van der Waals surface area (Å²) in [7, 11) is 0. The average Bonchev–Trinajstić information content (AvgIpc) is 3.45. The molecular formula is C18H15Cl2F2NO4. The zero-order chi connectivity index (χ0) is 19.6. The van der Waals surface area contributed by atoms with Crippen molar-refractivity contribution < 1.29 is 23.0 Å². The van der Waals surface area contributed by atoms with E-state index >= 15 is 0 Å². The molecule has 0 radical (unpaired) electrons. The van der Waals surface area contributed by atoms with Crippen LogP contribution in [-0.4, -0.2) is 24.0 Å². The van der Waals surface area contributed by atoms with Crippen molar-refractivity contribution in [1.82, 2.24) is 4.98 Å². The van der Waals surface area contributed by atoms with Crippen molar-refractivity contribution in [2.45, 2.75) is 25.9 Å². The highest BCUT2D eigenvalue weighted by Crippen LogP contribution is 2.34. The zero-order valence-electron chi connectivity index (χ0n) is 13.9. The molecule has 9 heteroatoms. The molecule has 2 aromatic rings. The summed E-state index contributed by atoms with van der Waals surface area (Å²) < 4.78 is 35.2. The number of hydrogen-bond acceptors (Lipinski definition) is 4. The molecule has 0 aliphatic heterocycles. The number of ether oxygens (including phenoxy) is 2. The molecule has 1 aliphatic rings. The number of carbonyl (C=O) groups is 1. The Morgan fingerprint density at radius 3 is 2.67 bits per heavy atom. The second-order valence-corrected chi connectivity index (χ2v) is 6.94. The van der Waals surface area contributed by atoms with Gasteiger partial charge in [-0.15, -0.1) is 0 Å². The Labute approximate surface area is 163 Å². The first-order chi connectivity index (χ1) is 12.8. The summed E-state index contributed by atoms with van der Waals surface area (Å²) in [5.74, 6) is -0.0905. The van der Waals surface area contributed by atoms with Crippen molar-refractivity contribution in [2.24, 2.45) is 5.92 Å². The largest absolute Gasteiger partial charge is 0.489 e.